The van der Waals surface area contributed by atoms with Gasteiger partial charge in [0.1, 0.15) is 12.4 Å². The largest absolute Gasteiger partial charge is 0.492 e. The van der Waals surface area contributed by atoms with E-state index in [4.69, 9.17) is 10.5 Å². The van der Waals surface area contributed by atoms with Crippen molar-refractivity contribution >= 4 is 5.69 Å². The van der Waals surface area contributed by atoms with Gasteiger partial charge in [0.15, 0.2) is 0 Å². The number of rotatable bonds is 4. The number of ether oxygens (including phenoxy) is 1. The molecule has 1 aromatic carbocycles. The summed E-state index contributed by atoms with van der Waals surface area (Å²) in [4.78, 5) is 9.87. The monoisotopic (exact) mass is 196 g/mol. The van der Waals surface area contributed by atoms with Crippen LogP contribution in [0.5, 0.6) is 5.75 Å². The van der Waals surface area contributed by atoms with Gasteiger partial charge in [-0.2, -0.15) is 0 Å². The predicted octanol–water partition coefficient (Wildman–Crippen LogP) is 1.32. The highest BCUT2D eigenvalue weighted by Crippen LogP contribution is 2.17. The lowest BCUT2D eigenvalue weighted by Gasteiger charge is -2.07. The minimum atomic E-state index is -0.449. The standard InChI is InChI=1S/C9H12N2O3/c1-7(10)6-14-9-4-2-8(3-5-9)11(12)13/h2-5,7H,6,10H2,1H3. The van der Waals surface area contributed by atoms with Gasteiger partial charge in [-0.05, 0) is 19.1 Å². The van der Waals surface area contributed by atoms with Gasteiger partial charge in [0.05, 0.1) is 4.92 Å². The molecular weight excluding hydrogens is 184 g/mol. The van der Waals surface area contributed by atoms with Gasteiger partial charge in [-0.25, -0.2) is 0 Å². The normalized spacial score (nSPS) is 12.1. The second kappa shape index (κ2) is 4.57. The highest BCUT2D eigenvalue weighted by molar-refractivity contribution is 5.35. The first kappa shape index (κ1) is 10.5. The molecule has 0 heterocycles. The SMILES string of the molecule is CC(N)COc1ccc([N+](=O)[O-])cc1. The first-order chi connectivity index (χ1) is 6.59. The maximum Gasteiger partial charge on any atom is 0.269 e. The predicted molar refractivity (Wildman–Crippen MR) is 52.2 cm³/mol. The lowest BCUT2D eigenvalue weighted by atomic mass is 10.3. The number of benzene rings is 1. The van der Waals surface area contributed by atoms with Crippen molar-refractivity contribution < 1.29 is 9.66 Å². The molecule has 0 amide bonds. The number of hydrogen-bond acceptors (Lipinski definition) is 4. The lowest BCUT2D eigenvalue weighted by Crippen LogP contribution is -2.23. The molecule has 1 unspecified atom stereocenters. The maximum absolute atomic E-state index is 10.3. The zero-order valence-electron chi connectivity index (χ0n) is 7.84. The summed E-state index contributed by atoms with van der Waals surface area (Å²) in [5.74, 6) is 0.591. The van der Waals surface area contributed by atoms with Crippen molar-refractivity contribution in [3.63, 3.8) is 0 Å². The molecule has 5 heteroatoms. The van der Waals surface area contributed by atoms with E-state index in [1.807, 2.05) is 6.92 Å². The van der Waals surface area contributed by atoms with E-state index in [0.717, 1.165) is 0 Å². The van der Waals surface area contributed by atoms with E-state index in [0.29, 0.717) is 12.4 Å². The van der Waals surface area contributed by atoms with Gasteiger partial charge in [0.2, 0.25) is 0 Å². The highest BCUT2D eigenvalue weighted by Gasteiger charge is 2.04. The van der Waals surface area contributed by atoms with Gasteiger partial charge in [-0.1, -0.05) is 0 Å². The van der Waals surface area contributed by atoms with E-state index < -0.39 is 4.92 Å². The summed E-state index contributed by atoms with van der Waals surface area (Å²) in [5.41, 5.74) is 5.54. The molecule has 2 N–H and O–H groups in total. The van der Waals surface area contributed by atoms with Crippen LogP contribution in [0.1, 0.15) is 6.92 Å². The van der Waals surface area contributed by atoms with Crippen molar-refractivity contribution in [2.24, 2.45) is 5.73 Å². The first-order valence-electron chi connectivity index (χ1n) is 4.22. The Kier molecular flexibility index (Phi) is 3.41. The summed E-state index contributed by atoms with van der Waals surface area (Å²) in [6.45, 7) is 2.23. The lowest BCUT2D eigenvalue weighted by molar-refractivity contribution is -0.384. The van der Waals surface area contributed by atoms with E-state index in [-0.39, 0.29) is 11.7 Å². The molecular formula is C9H12N2O3. The Morgan fingerprint density at radius 3 is 2.50 bits per heavy atom. The molecule has 0 fully saturated rings. The molecule has 0 saturated heterocycles. The molecule has 0 spiro atoms. The third-order valence-corrected chi connectivity index (χ3v) is 1.56. The van der Waals surface area contributed by atoms with Gasteiger partial charge in [-0.15, -0.1) is 0 Å². The van der Waals surface area contributed by atoms with Crippen LogP contribution in [0.2, 0.25) is 0 Å². The average molecular weight is 196 g/mol. The second-order valence-electron chi connectivity index (χ2n) is 3.04. The summed E-state index contributed by atoms with van der Waals surface area (Å²) >= 11 is 0. The molecule has 1 atom stereocenters. The fourth-order valence-electron chi connectivity index (χ4n) is 0.892. The van der Waals surface area contributed by atoms with Crippen LogP contribution >= 0.6 is 0 Å². The molecule has 0 radical (unpaired) electrons. The zero-order chi connectivity index (χ0) is 10.6. The quantitative estimate of drug-likeness (QED) is 0.581. The van der Waals surface area contributed by atoms with E-state index in [1.54, 1.807) is 12.1 Å². The Balaban J connectivity index is 2.60. The molecule has 5 nitrogen and oxygen atoms in total. The van der Waals surface area contributed by atoms with Gasteiger partial charge in [0, 0.05) is 18.2 Å². The molecule has 76 valence electrons. The summed E-state index contributed by atoms with van der Waals surface area (Å²) in [6, 6.07) is 5.86. The summed E-state index contributed by atoms with van der Waals surface area (Å²) in [6.07, 6.45) is 0. The molecule has 1 aromatic rings. The molecule has 0 bridgehead atoms. The molecule has 1 rings (SSSR count). The molecule has 0 aliphatic heterocycles. The van der Waals surface area contributed by atoms with Gasteiger partial charge >= 0.3 is 0 Å². The first-order valence-corrected chi connectivity index (χ1v) is 4.22. The van der Waals surface area contributed by atoms with Gasteiger partial charge in [-0.3, -0.25) is 10.1 Å². The van der Waals surface area contributed by atoms with Crippen LogP contribution in [0, 0.1) is 10.1 Å². The summed E-state index contributed by atoms with van der Waals surface area (Å²) in [7, 11) is 0. The fraction of sp³-hybridized carbons (Fsp3) is 0.333. The Morgan fingerprint density at radius 1 is 1.50 bits per heavy atom. The Hall–Kier alpha value is -1.62. The molecule has 14 heavy (non-hydrogen) atoms. The second-order valence-corrected chi connectivity index (χ2v) is 3.04. The third-order valence-electron chi connectivity index (χ3n) is 1.56. The number of nitrogens with two attached hydrogens (primary N) is 1. The van der Waals surface area contributed by atoms with Crippen LogP contribution in [-0.4, -0.2) is 17.6 Å². The topological polar surface area (TPSA) is 78.4 Å². The van der Waals surface area contributed by atoms with Crippen molar-refractivity contribution in [3.8, 4) is 5.75 Å². The minimum absolute atomic E-state index is 0.0507. The van der Waals surface area contributed by atoms with E-state index in [2.05, 4.69) is 0 Å². The Bertz CT molecular complexity index is 308. The van der Waals surface area contributed by atoms with Crippen LogP contribution in [0.15, 0.2) is 24.3 Å². The third kappa shape index (κ3) is 3.02. The zero-order valence-corrected chi connectivity index (χ0v) is 7.84. The molecule has 0 aliphatic carbocycles. The maximum atomic E-state index is 10.3. The van der Waals surface area contributed by atoms with Crippen LogP contribution in [0.3, 0.4) is 0 Å². The number of nitro groups is 1. The van der Waals surface area contributed by atoms with Crippen molar-refractivity contribution in [3.05, 3.63) is 34.4 Å². The molecule has 0 aliphatic rings. The van der Waals surface area contributed by atoms with E-state index >= 15 is 0 Å². The van der Waals surface area contributed by atoms with Crippen molar-refractivity contribution in [1.29, 1.82) is 0 Å². The Labute approximate surface area is 81.6 Å². The van der Waals surface area contributed by atoms with Crippen molar-refractivity contribution in [2.45, 2.75) is 13.0 Å². The number of hydrogen-bond donors (Lipinski definition) is 1. The highest BCUT2D eigenvalue weighted by atomic mass is 16.6. The fourth-order valence-corrected chi connectivity index (χ4v) is 0.892. The Morgan fingerprint density at radius 2 is 2.07 bits per heavy atom. The summed E-state index contributed by atoms with van der Waals surface area (Å²) in [5, 5.41) is 10.3. The van der Waals surface area contributed by atoms with Crippen LogP contribution in [0.25, 0.3) is 0 Å². The van der Waals surface area contributed by atoms with Crippen LogP contribution < -0.4 is 10.5 Å². The van der Waals surface area contributed by atoms with E-state index in [1.165, 1.54) is 12.1 Å². The van der Waals surface area contributed by atoms with Gasteiger partial charge < -0.3 is 10.5 Å². The van der Waals surface area contributed by atoms with Gasteiger partial charge in [0.25, 0.3) is 5.69 Å². The van der Waals surface area contributed by atoms with Crippen LogP contribution in [-0.2, 0) is 0 Å². The average Bonchev–Trinajstić information content (AvgIpc) is 2.15. The summed E-state index contributed by atoms with van der Waals surface area (Å²) < 4.78 is 5.25. The van der Waals surface area contributed by atoms with Crippen molar-refractivity contribution in [1.82, 2.24) is 0 Å². The minimum Gasteiger partial charge on any atom is -0.492 e. The number of nitro benzene ring substituents is 1. The molecule has 0 aromatic heterocycles. The van der Waals surface area contributed by atoms with Crippen molar-refractivity contribution in [2.75, 3.05) is 6.61 Å². The number of non-ortho nitro benzene ring substituents is 1. The smallest absolute Gasteiger partial charge is 0.269 e. The number of nitrogens with zero attached hydrogens (tertiary/aromatic N) is 1. The van der Waals surface area contributed by atoms with Crippen LogP contribution in [0.4, 0.5) is 5.69 Å². The molecule has 0 saturated carbocycles. The van der Waals surface area contributed by atoms with E-state index in [9.17, 15) is 10.1 Å².